The second kappa shape index (κ2) is 8.51. The van der Waals surface area contributed by atoms with Gasteiger partial charge in [0.2, 0.25) is 0 Å². The molecule has 0 unspecified atom stereocenters. The third-order valence-electron chi connectivity index (χ3n) is 5.91. The number of benzene rings is 3. The minimum Gasteiger partial charge on any atom is -0.506 e. The highest BCUT2D eigenvalue weighted by Gasteiger charge is 2.20. The highest BCUT2D eigenvalue weighted by molar-refractivity contribution is 6.07. The number of azo groups is 1. The van der Waals surface area contributed by atoms with Gasteiger partial charge in [0, 0.05) is 29.4 Å². The number of rotatable bonds is 5. The average Bonchev–Trinajstić information content (AvgIpc) is 3.25. The fourth-order valence-electron chi connectivity index (χ4n) is 4.03. The summed E-state index contributed by atoms with van der Waals surface area (Å²) in [5, 5.41) is 33.9. The Morgan fingerprint density at radius 1 is 1.03 bits per heavy atom. The van der Waals surface area contributed by atoms with Crippen LogP contribution in [0.25, 0.3) is 27.5 Å². The second-order valence-electron chi connectivity index (χ2n) is 7.95. The van der Waals surface area contributed by atoms with Gasteiger partial charge in [-0.25, -0.2) is 4.52 Å². The lowest BCUT2D eigenvalue weighted by molar-refractivity contribution is 0.0770. The zero-order valence-electron chi connectivity index (χ0n) is 19.1. The van der Waals surface area contributed by atoms with Gasteiger partial charge in [-0.2, -0.15) is 10.2 Å². The van der Waals surface area contributed by atoms with Crippen LogP contribution in [0.1, 0.15) is 29.8 Å². The van der Waals surface area contributed by atoms with Gasteiger partial charge in [0.05, 0.1) is 28.7 Å². The van der Waals surface area contributed by atoms with Crippen molar-refractivity contribution in [3.8, 4) is 5.75 Å². The van der Waals surface area contributed by atoms with Crippen molar-refractivity contribution < 1.29 is 9.90 Å². The summed E-state index contributed by atoms with van der Waals surface area (Å²) >= 11 is 0. The van der Waals surface area contributed by atoms with Gasteiger partial charge in [-0.15, -0.1) is 15.3 Å². The van der Waals surface area contributed by atoms with Crippen LogP contribution in [0.3, 0.4) is 0 Å². The Hall–Kier alpha value is -4.40. The lowest BCUT2D eigenvalue weighted by atomic mass is 10.0. The predicted octanol–water partition coefficient (Wildman–Crippen LogP) is 5.34. The number of nitrogens with zero attached hydrogens (tertiary/aromatic N) is 7. The Balaban J connectivity index is 1.62. The standard InChI is InChI=1S/C25H23N7O2/c1-4-31(5-2)25(34)19-13-21(17-8-6-7-9-18(17)23(19)33)29-27-16-10-11-20-22(12-16)32-24(30-28-20)15(3)14-26-32/h6-14,33H,4-5H2,1-3H3. The van der Waals surface area contributed by atoms with Gasteiger partial charge in [-0.1, -0.05) is 24.3 Å². The van der Waals surface area contributed by atoms with Crippen LogP contribution < -0.4 is 0 Å². The Morgan fingerprint density at radius 2 is 1.79 bits per heavy atom. The topological polar surface area (TPSA) is 108 Å². The van der Waals surface area contributed by atoms with E-state index < -0.39 is 0 Å². The Morgan fingerprint density at radius 3 is 2.56 bits per heavy atom. The summed E-state index contributed by atoms with van der Waals surface area (Å²) in [5.41, 5.74) is 4.38. The SMILES string of the molecule is CCN(CC)C(=O)c1cc(N=Nc2ccc3nnc4c(C)cnn4c3c2)c2ccccc2c1O. The van der Waals surface area contributed by atoms with Crippen molar-refractivity contribution in [3.05, 3.63) is 65.9 Å². The van der Waals surface area contributed by atoms with Crippen LogP contribution in [0, 0.1) is 6.92 Å². The molecule has 5 aromatic rings. The number of fused-ring (bicyclic) bond motifs is 4. The number of amides is 1. The molecule has 0 saturated carbocycles. The van der Waals surface area contributed by atoms with Crippen LogP contribution >= 0.6 is 0 Å². The largest absolute Gasteiger partial charge is 0.506 e. The second-order valence-corrected chi connectivity index (χ2v) is 7.95. The average molecular weight is 454 g/mol. The fourth-order valence-corrected chi connectivity index (χ4v) is 4.03. The zero-order chi connectivity index (χ0) is 23.8. The summed E-state index contributed by atoms with van der Waals surface area (Å²) in [5.74, 6) is -0.294. The Bertz CT molecular complexity index is 1590. The van der Waals surface area contributed by atoms with E-state index in [1.807, 2.05) is 51.1 Å². The van der Waals surface area contributed by atoms with Crippen LogP contribution in [0.5, 0.6) is 5.75 Å². The molecule has 9 heteroatoms. The Kier molecular flexibility index (Phi) is 5.37. The van der Waals surface area contributed by atoms with Gasteiger partial charge in [0.1, 0.15) is 11.3 Å². The maximum atomic E-state index is 13.0. The molecular weight excluding hydrogens is 430 g/mol. The third kappa shape index (κ3) is 3.51. The van der Waals surface area contributed by atoms with Crippen LogP contribution in [0.4, 0.5) is 11.4 Å². The molecule has 0 fully saturated rings. The molecule has 0 bridgehead atoms. The molecule has 0 atom stereocenters. The Labute approximate surface area is 195 Å². The van der Waals surface area contributed by atoms with Crippen molar-refractivity contribution in [2.24, 2.45) is 10.2 Å². The monoisotopic (exact) mass is 453 g/mol. The number of carbonyl (C=O) groups is 1. The quantitative estimate of drug-likeness (QED) is 0.361. The van der Waals surface area contributed by atoms with Gasteiger partial charge in [-0.3, -0.25) is 4.79 Å². The molecule has 0 aliphatic carbocycles. The number of phenolic OH excluding ortho intramolecular Hbond substituents is 1. The predicted molar refractivity (Wildman–Crippen MR) is 130 cm³/mol. The number of aromatic nitrogens is 4. The molecule has 2 heterocycles. The van der Waals surface area contributed by atoms with E-state index in [-0.39, 0.29) is 17.2 Å². The molecule has 170 valence electrons. The van der Waals surface area contributed by atoms with Crippen molar-refractivity contribution in [3.63, 3.8) is 0 Å². The zero-order valence-corrected chi connectivity index (χ0v) is 19.1. The van der Waals surface area contributed by atoms with Crippen LogP contribution in [0.2, 0.25) is 0 Å². The maximum absolute atomic E-state index is 13.0. The van der Waals surface area contributed by atoms with E-state index in [1.165, 1.54) is 0 Å². The van der Waals surface area contributed by atoms with E-state index in [9.17, 15) is 9.90 Å². The van der Waals surface area contributed by atoms with Crippen molar-refractivity contribution in [1.82, 2.24) is 24.7 Å². The molecule has 1 N–H and O–H groups in total. The summed E-state index contributed by atoms with van der Waals surface area (Å²) in [4.78, 5) is 14.7. The van der Waals surface area contributed by atoms with Crippen molar-refractivity contribution in [1.29, 1.82) is 0 Å². The molecule has 0 spiro atoms. The molecule has 0 aliphatic rings. The first kappa shape index (κ1) is 21.4. The number of hydrogen-bond donors (Lipinski definition) is 1. The lowest BCUT2D eigenvalue weighted by Crippen LogP contribution is -2.30. The van der Waals surface area contributed by atoms with E-state index in [2.05, 4.69) is 25.5 Å². The van der Waals surface area contributed by atoms with Crippen LogP contribution in [-0.4, -0.2) is 48.8 Å². The third-order valence-corrected chi connectivity index (χ3v) is 5.91. The summed E-state index contributed by atoms with van der Waals surface area (Å²) < 4.78 is 1.73. The first-order valence-electron chi connectivity index (χ1n) is 11.1. The molecule has 1 amide bonds. The van der Waals surface area contributed by atoms with E-state index >= 15 is 0 Å². The molecule has 0 saturated heterocycles. The van der Waals surface area contributed by atoms with Gasteiger partial charge in [0.15, 0.2) is 5.65 Å². The summed E-state index contributed by atoms with van der Waals surface area (Å²) in [6.45, 7) is 6.82. The summed E-state index contributed by atoms with van der Waals surface area (Å²) in [6, 6.07) is 14.4. The highest BCUT2D eigenvalue weighted by atomic mass is 16.3. The fraction of sp³-hybridized carbons (Fsp3) is 0.200. The number of phenols is 1. The molecule has 34 heavy (non-hydrogen) atoms. The number of aromatic hydroxyl groups is 1. The lowest BCUT2D eigenvalue weighted by Gasteiger charge is -2.20. The van der Waals surface area contributed by atoms with Crippen LogP contribution in [0.15, 0.2) is 65.0 Å². The van der Waals surface area contributed by atoms with Gasteiger partial charge in [0.25, 0.3) is 5.91 Å². The number of aryl methyl sites for hydroxylation is 1. The molecule has 5 rings (SSSR count). The molecular formula is C25H23N7O2. The highest BCUT2D eigenvalue weighted by Crippen LogP contribution is 2.37. The summed E-state index contributed by atoms with van der Waals surface area (Å²) in [7, 11) is 0. The molecule has 9 nitrogen and oxygen atoms in total. The van der Waals surface area contributed by atoms with E-state index in [0.717, 1.165) is 11.1 Å². The normalized spacial score (nSPS) is 11.7. The molecule has 3 aromatic carbocycles. The van der Waals surface area contributed by atoms with Crippen molar-refractivity contribution in [2.75, 3.05) is 13.1 Å². The van der Waals surface area contributed by atoms with Crippen LogP contribution in [-0.2, 0) is 0 Å². The molecule has 0 radical (unpaired) electrons. The molecule has 2 aromatic heterocycles. The molecule has 0 aliphatic heterocycles. The van der Waals surface area contributed by atoms with E-state index in [4.69, 9.17) is 0 Å². The smallest absolute Gasteiger partial charge is 0.257 e. The van der Waals surface area contributed by atoms with Gasteiger partial charge in [-0.05, 0) is 45.0 Å². The van der Waals surface area contributed by atoms with Gasteiger partial charge >= 0.3 is 0 Å². The number of hydrogen-bond acceptors (Lipinski definition) is 7. The van der Waals surface area contributed by atoms with Crippen molar-refractivity contribution in [2.45, 2.75) is 20.8 Å². The van der Waals surface area contributed by atoms with Crippen molar-refractivity contribution >= 4 is 44.7 Å². The summed E-state index contributed by atoms with van der Waals surface area (Å²) in [6.07, 6.45) is 1.74. The van der Waals surface area contributed by atoms with E-state index in [1.54, 1.807) is 33.8 Å². The minimum atomic E-state index is -0.245. The minimum absolute atomic E-state index is 0.0489. The number of carbonyl (C=O) groups excluding carboxylic acids is 1. The first-order valence-corrected chi connectivity index (χ1v) is 11.1. The van der Waals surface area contributed by atoms with E-state index in [0.29, 0.717) is 46.4 Å². The first-order chi connectivity index (χ1) is 16.5. The van der Waals surface area contributed by atoms with Gasteiger partial charge < -0.3 is 10.0 Å². The maximum Gasteiger partial charge on any atom is 0.257 e.